The number of hydrogen-bond donors (Lipinski definition) is 2. The van der Waals surface area contributed by atoms with Gasteiger partial charge in [-0.3, -0.25) is 0 Å². The minimum Gasteiger partial charge on any atom is -0.488 e. The fraction of sp³-hybridized carbons (Fsp3) is 0.571. The molecule has 0 amide bonds. The summed E-state index contributed by atoms with van der Waals surface area (Å²) in [5, 5.41) is 14.1. The highest BCUT2D eigenvalue weighted by molar-refractivity contribution is 6.37. The first kappa shape index (κ1) is 15.9. The molecule has 4 nitrogen and oxygen atoms in total. The van der Waals surface area contributed by atoms with Gasteiger partial charge in [0.05, 0.1) is 10.0 Å². The van der Waals surface area contributed by atoms with Crippen molar-refractivity contribution in [3.05, 3.63) is 28.2 Å². The molecule has 2 rings (SSSR count). The Kier molecular flexibility index (Phi) is 6.39. The summed E-state index contributed by atoms with van der Waals surface area (Å²) in [6.45, 7) is 2.19. The molecule has 20 heavy (non-hydrogen) atoms. The zero-order valence-electron chi connectivity index (χ0n) is 11.1. The lowest BCUT2D eigenvalue weighted by molar-refractivity contribution is 0.0655. The fourth-order valence-electron chi connectivity index (χ4n) is 2.06. The largest absolute Gasteiger partial charge is 0.488 e. The van der Waals surface area contributed by atoms with Crippen molar-refractivity contribution in [1.82, 2.24) is 5.32 Å². The lowest BCUT2D eigenvalue weighted by atomic mass is 10.1. The summed E-state index contributed by atoms with van der Waals surface area (Å²) in [6.07, 6.45) is 1.35. The Morgan fingerprint density at radius 1 is 1.30 bits per heavy atom. The second kappa shape index (κ2) is 8.05. The first-order chi connectivity index (χ1) is 9.66. The molecule has 2 N–H and O–H groups in total. The van der Waals surface area contributed by atoms with Gasteiger partial charge in [-0.15, -0.1) is 0 Å². The van der Waals surface area contributed by atoms with Gasteiger partial charge in [-0.05, 0) is 25.0 Å². The number of para-hydroxylation sites is 1. The Morgan fingerprint density at radius 2 is 1.95 bits per heavy atom. The van der Waals surface area contributed by atoms with Crippen molar-refractivity contribution < 1.29 is 14.6 Å². The fourth-order valence-corrected chi connectivity index (χ4v) is 2.57. The molecular weight excluding hydrogens is 301 g/mol. The van der Waals surface area contributed by atoms with Gasteiger partial charge in [0.15, 0.2) is 5.75 Å². The number of benzene rings is 1. The third-order valence-electron chi connectivity index (χ3n) is 3.20. The van der Waals surface area contributed by atoms with Gasteiger partial charge in [0.2, 0.25) is 0 Å². The number of aliphatic hydroxyl groups excluding tert-OH is 1. The molecule has 0 radical (unpaired) electrons. The zero-order chi connectivity index (χ0) is 14.4. The molecule has 0 bridgehead atoms. The summed E-state index contributed by atoms with van der Waals surface area (Å²) in [5.41, 5.74) is 0. The van der Waals surface area contributed by atoms with Gasteiger partial charge in [0, 0.05) is 25.8 Å². The Balaban J connectivity index is 1.73. The van der Waals surface area contributed by atoms with Crippen molar-refractivity contribution in [2.24, 2.45) is 0 Å². The lowest BCUT2D eigenvalue weighted by Crippen LogP contribution is -2.40. The summed E-state index contributed by atoms with van der Waals surface area (Å²) in [6, 6.07) is 5.56. The molecule has 1 aliphatic heterocycles. The lowest BCUT2D eigenvalue weighted by Gasteiger charge is -2.24. The van der Waals surface area contributed by atoms with Crippen molar-refractivity contribution in [2.75, 3.05) is 26.4 Å². The van der Waals surface area contributed by atoms with Gasteiger partial charge >= 0.3 is 0 Å². The van der Waals surface area contributed by atoms with E-state index >= 15 is 0 Å². The van der Waals surface area contributed by atoms with Gasteiger partial charge in [-0.2, -0.15) is 0 Å². The predicted octanol–water partition coefficient (Wildman–Crippen LogP) is 2.50. The maximum atomic E-state index is 9.92. The van der Waals surface area contributed by atoms with Crippen LogP contribution in [-0.2, 0) is 4.74 Å². The average Bonchev–Trinajstić information content (AvgIpc) is 2.46. The molecule has 0 aromatic heterocycles. The van der Waals surface area contributed by atoms with E-state index in [1.54, 1.807) is 18.2 Å². The number of hydrogen-bond acceptors (Lipinski definition) is 4. The summed E-state index contributed by atoms with van der Waals surface area (Å²) in [4.78, 5) is 0. The second-order valence-corrected chi connectivity index (χ2v) is 5.62. The topological polar surface area (TPSA) is 50.7 Å². The first-order valence-electron chi connectivity index (χ1n) is 6.73. The van der Waals surface area contributed by atoms with E-state index in [4.69, 9.17) is 32.7 Å². The van der Waals surface area contributed by atoms with E-state index in [1.807, 2.05) is 0 Å². The number of rotatable bonds is 6. The molecule has 1 aliphatic rings. The van der Waals surface area contributed by atoms with Crippen LogP contribution in [0.1, 0.15) is 12.8 Å². The Hall–Kier alpha value is -0.520. The van der Waals surface area contributed by atoms with Gasteiger partial charge in [-0.1, -0.05) is 29.3 Å². The van der Waals surface area contributed by atoms with Crippen LogP contribution in [-0.4, -0.2) is 43.6 Å². The highest BCUT2D eigenvalue weighted by atomic mass is 35.5. The van der Waals surface area contributed by atoms with Crippen molar-refractivity contribution in [1.29, 1.82) is 0 Å². The highest BCUT2D eigenvalue weighted by Crippen LogP contribution is 2.32. The smallest absolute Gasteiger partial charge is 0.156 e. The molecule has 1 unspecified atom stereocenters. The van der Waals surface area contributed by atoms with Crippen LogP contribution in [0.15, 0.2) is 18.2 Å². The van der Waals surface area contributed by atoms with E-state index < -0.39 is 6.10 Å². The van der Waals surface area contributed by atoms with Crippen molar-refractivity contribution in [2.45, 2.75) is 25.0 Å². The molecule has 1 saturated heterocycles. The Bertz CT molecular complexity index is 405. The van der Waals surface area contributed by atoms with E-state index in [1.165, 1.54) is 0 Å². The minimum absolute atomic E-state index is 0.152. The minimum atomic E-state index is -0.606. The second-order valence-electron chi connectivity index (χ2n) is 4.81. The van der Waals surface area contributed by atoms with E-state index in [0.717, 1.165) is 26.1 Å². The van der Waals surface area contributed by atoms with Gasteiger partial charge in [0.1, 0.15) is 12.7 Å². The number of halogens is 2. The molecule has 1 aromatic carbocycles. The van der Waals surface area contributed by atoms with E-state index in [2.05, 4.69) is 5.32 Å². The van der Waals surface area contributed by atoms with E-state index in [-0.39, 0.29) is 6.61 Å². The maximum absolute atomic E-state index is 9.92. The highest BCUT2D eigenvalue weighted by Gasteiger charge is 2.15. The molecule has 1 aromatic rings. The zero-order valence-corrected chi connectivity index (χ0v) is 12.7. The number of nitrogens with one attached hydrogen (secondary N) is 1. The van der Waals surface area contributed by atoms with Crippen molar-refractivity contribution >= 4 is 23.2 Å². The summed E-state index contributed by atoms with van der Waals surface area (Å²) in [5.74, 6) is 0.418. The molecule has 1 heterocycles. The standard InChI is InChI=1S/C14H19Cl2NO3/c15-12-2-1-3-13(16)14(12)20-9-11(18)8-17-10-4-6-19-7-5-10/h1-3,10-11,17-18H,4-9H2. The van der Waals surface area contributed by atoms with Crippen LogP contribution >= 0.6 is 23.2 Å². The van der Waals surface area contributed by atoms with Crippen molar-refractivity contribution in [3.8, 4) is 5.75 Å². The van der Waals surface area contributed by atoms with Gasteiger partial charge in [0.25, 0.3) is 0 Å². The molecule has 0 aliphatic carbocycles. The molecule has 0 saturated carbocycles. The molecule has 1 fully saturated rings. The van der Waals surface area contributed by atoms with E-state index in [9.17, 15) is 5.11 Å². The van der Waals surface area contributed by atoms with Crippen LogP contribution in [0, 0.1) is 0 Å². The number of ether oxygens (including phenoxy) is 2. The van der Waals surface area contributed by atoms with E-state index in [0.29, 0.717) is 28.4 Å². The first-order valence-corrected chi connectivity index (χ1v) is 7.48. The Labute approximate surface area is 129 Å². The maximum Gasteiger partial charge on any atom is 0.156 e. The summed E-state index contributed by atoms with van der Waals surface area (Å²) < 4.78 is 10.8. The van der Waals surface area contributed by atoms with Crippen LogP contribution < -0.4 is 10.1 Å². The van der Waals surface area contributed by atoms with Crippen LogP contribution in [0.25, 0.3) is 0 Å². The average molecular weight is 320 g/mol. The normalized spacial score (nSPS) is 17.9. The van der Waals surface area contributed by atoms with Crippen LogP contribution in [0.3, 0.4) is 0 Å². The van der Waals surface area contributed by atoms with Crippen LogP contribution in [0.2, 0.25) is 10.0 Å². The summed E-state index contributed by atoms with van der Waals surface area (Å²) >= 11 is 12.0. The monoisotopic (exact) mass is 319 g/mol. The van der Waals surface area contributed by atoms with Gasteiger partial charge < -0.3 is 19.9 Å². The molecule has 0 spiro atoms. The van der Waals surface area contributed by atoms with Crippen molar-refractivity contribution in [3.63, 3.8) is 0 Å². The molecule has 6 heteroatoms. The quantitative estimate of drug-likeness (QED) is 0.846. The Morgan fingerprint density at radius 3 is 2.60 bits per heavy atom. The van der Waals surface area contributed by atoms with Gasteiger partial charge in [-0.25, -0.2) is 0 Å². The third-order valence-corrected chi connectivity index (χ3v) is 3.80. The SMILES string of the molecule is OC(CNC1CCOCC1)COc1c(Cl)cccc1Cl. The van der Waals surface area contributed by atoms with Crippen LogP contribution in [0.4, 0.5) is 0 Å². The molecule has 112 valence electrons. The summed E-state index contributed by atoms with van der Waals surface area (Å²) in [7, 11) is 0. The molecule has 1 atom stereocenters. The van der Waals surface area contributed by atoms with Crippen LogP contribution in [0.5, 0.6) is 5.75 Å². The third kappa shape index (κ3) is 4.79. The number of aliphatic hydroxyl groups is 1. The predicted molar refractivity (Wildman–Crippen MR) is 79.8 cm³/mol. The molecular formula is C14H19Cl2NO3.